The van der Waals surface area contributed by atoms with Gasteiger partial charge in [-0.1, -0.05) is 29.8 Å². The highest BCUT2D eigenvalue weighted by molar-refractivity contribution is 6.32. The van der Waals surface area contributed by atoms with Crippen LogP contribution in [-0.4, -0.2) is 29.4 Å². The standard InChI is InChI=1S/C20H17ClN2O2/c1-12-16(15-10-22-18-6-4-3-5-14(15)18)11-23(12)20(24)13-7-8-17(21)19(9-13)25-2/h3-10,22H,11H2,1-2H3. The fourth-order valence-electron chi connectivity index (χ4n) is 3.24. The number of methoxy groups -OCH3 is 1. The van der Waals surface area contributed by atoms with Crippen LogP contribution in [-0.2, 0) is 0 Å². The third-order valence-corrected chi connectivity index (χ3v) is 5.03. The Morgan fingerprint density at radius 3 is 2.80 bits per heavy atom. The van der Waals surface area contributed by atoms with Crippen molar-refractivity contribution >= 4 is 34.0 Å². The average molecular weight is 353 g/mol. The van der Waals surface area contributed by atoms with Crippen molar-refractivity contribution in [2.75, 3.05) is 13.7 Å². The van der Waals surface area contributed by atoms with Crippen LogP contribution in [0.25, 0.3) is 16.5 Å². The van der Waals surface area contributed by atoms with Crippen LogP contribution < -0.4 is 4.74 Å². The number of carbonyl (C=O) groups is 1. The molecular formula is C20H17ClN2O2. The third kappa shape index (κ3) is 2.50. The monoisotopic (exact) mass is 352 g/mol. The second-order valence-electron chi connectivity index (χ2n) is 6.05. The number of halogens is 1. The molecule has 0 bridgehead atoms. The number of para-hydroxylation sites is 1. The Hall–Kier alpha value is -2.72. The van der Waals surface area contributed by atoms with Crippen LogP contribution >= 0.6 is 11.6 Å². The molecule has 1 N–H and O–H groups in total. The third-order valence-electron chi connectivity index (χ3n) is 4.72. The number of nitrogens with one attached hydrogen (secondary N) is 1. The van der Waals surface area contributed by atoms with Crippen molar-refractivity contribution in [1.82, 2.24) is 9.88 Å². The molecule has 0 saturated heterocycles. The van der Waals surface area contributed by atoms with Crippen molar-refractivity contribution in [3.05, 3.63) is 70.5 Å². The van der Waals surface area contributed by atoms with E-state index in [0.29, 0.717) is 22.9 Å². The number of hydrogen-bond donors (Lipinski definition) is 1. The molecule has 0 aliphatic carbocycles. The SMILES string of the molecule is COc1cc(C(=O)N2CC(c3c[nH]c4ccccc34)=C2C)ccc1Cl. The molecule has 0 radical (unpaired) electrons. The molecule has 0 fully saturated rings. The number of aromatic amines is 1. The van der Waals surface area contributed by atoms with Gasteiger partial charge in [0.05, 0.1) is 18.7 Å². The predicted octanol–water partition coefficient (Wildman–Crippen LogP) is 4.72. The zero-order chi connectivity index (χ0) is 17.6. The molecule has 1 amide bonds. The van der Waals surface area contributed by atoms with Crippen molar-refractivity contribution in [2.45, 2.75) is 6.92 Å². The van der Waals surface area contributed by atoms with Crippen LogP contribution in [0.3, 0.4) is 0 Å². The Morgan fingerprint density at radius 2 is 2.04 bits per heavy atom. The molecular weight excluding hydrogens is 336 g/mol. The van der Waals surface area contributed by atoms with Crippen molar-refractivity contribution in [2.24, 2.45) is 0 Å². The van der Waals surface area contributed by atoms with Gasteiger partial charge < -0.3 is 14.6 Å². The zero-order valence-corrected chi connectivity index (χ0v) is 14.7. The molecule has 4 rings (SSSR count). The van der Waals surface area contributed by atoms with E-state index in [1.54, 1.807) is 30.2 Å². The van der Waals surface area contributed by atoms with Gasteiger partial charge in [0.15, 0.2) is 0 Å². The Bertz CT molecular complexity index is 1020. The van der Waals surface area contributed by atoms with Gasteiger partial charge in [0, 0.05) is 39.5 Å². The van der Waals surface area contributed by atoms with Crippen LogP contribution in [0, 0.1) is 0 Å². The number of hydrogen-bond acceptors (Lipinski definition) is 2. The van der Waals surface area contributed by atoms with Crippen LogP contribution in [0.2, 0.25) is 5.02 Å². The molecule has 0 unspecified atom stereocenters. The highest BCUT2D eigenvalue weighted by Crippen LogP contribution is 2.37. The number of amides is 1. The number of rotatable bonds is 3. The second kappa shape index (κ2) is 5.97. The summed E-state index contributed by atoms with van der Waals surface area (Å²) in [4.78, 5) is 17.8. The molecule has 2 heterocycles. The predicted molar refractivity (Wildman–Crippen MR) is 99.9 cm³/mol. The minimum absolute atomic E-state index is 0.0453. The Kier molecular flexibility index (Phi) is 3.77. The molecule has 0 saturated carbocycles. The highest BCUT2D eigenvalue weighted by atomic mass is 35.5. The molecule has 1 aromatic heterocycles. The van der Waals surface area contributed by atoms with Gasteiger partial charge in [-0.05, 0) is 31.2 Å². The van der Waals surface area contributed by atoms with Gasteiger partial charge in [-0.3, -0.25) is 4.79 Å². The molecule has 3 aromatic rings. The van der Waals surface area contributed by atoms with E-state index in [0.717, 1.165) is 16.8 Å². The van der Waals surface area contributed by atoms with Crippen molar-refractivity contribution in [3.8, 4) is 5.75 Å². The number of nitrogens with zero attached hydrogens (tertiary/aromatic N) is 1. The van der Waals surface area contributed by atoms with Gasteiger partial charge in [0.1, 0.15) is 5.75 Å². The largest absolute Gasteiger partial charge is 0.495 e. The summed E-state index contributed by atoms with van der Waals surface area (Å²) in [6.45, 7) is 2.57. The van der Waals surface area contributed by atoms with Gasteiger partial charge in [0.25, 0.3) is 5.91 Å². The molecule has 0 spiro atoms. The van der Waals surface area contributed by atoms with Gasteiger partial charge in [-0.2, -0.15) is 0 Å². The van der Waals surface area contributed by atoms with Crippen molar-refractivity contribution < 1.29 is 9.53 Å². The second-order valence-corrected chi connectivity index (χ2v) is 6.46. The van der Waals surface area contributed by atoms with Gasteiger partial charge >= 0.3 is 0 Å². The van der Waals surface area contributed by atoms with Gasteiger partial charge in [-0.15, -0.1) is 0 Å². The first-order chi connectivity index (χ1) is 12.1. The lowest BCUT2D eigenvalue weighted by Gasteiger charge is -2.35. The van der Waals surface area contributed by atoms with Crippen molar-refractivity contribution in [1.29, 1.82) is 0 Å². The molecule has 25 heavy (non-hydrogen) atoms. The fraction of sp³-hybridized carbons (Fsp3) is 0.150. The quantitative estimate of drug-likeness (QED) is 0.741. The summed E-state index contributed by atoms with van der Waals surface area (Å²) in [5, 5.41) is 1.67. The van der Waals surface area contributed by atoms with E-state index in [-0.39, 0.29) is 5.91 Å². The zero-order valence-electron chi connectivity index (χ0n) is 14.0. The lowest BCUT2D eigenvalue weighted by atomic mass is 9.95. The Balaban J connectivity index is 1.65. The molecule has 4 nitrogen and oxygen atoms in total. The lowest BCUT2D eigenvalue weighted by Crippen LogP contribution is -2.39. The van der Waals surface area contributed by atoms with Gasteiger partial charge in [-0.25, -0.2) is 0 Å². The maximum absolute atomic E-state index is 12.8. The first-order valence-corrected chi connectivity index (χ1v) is 8.39. The van der Waals surface area contributed by atoms with E-state index in [4.69, 9.17) is 16.3 Å². The van der Waals surface area contributed by atoms with Crippen LogP contribution in [0.1, 0.15) is 22.8 Å². The summed E-state index contributed by atoms with van der Waals surface area (Å²) >= 11 is 6.04. The fourth-order valence-corrected chi connectivity index (χ4v) is 3.43. The highest BCUT2D eigenvalue weighted by Gasteiger charge is 2.31. The smallest absolute Gasteiger partial charge is 0.258 e. The van der Waals surface area contributed by atoms with E-state index >= 15 is 0 Å². The Labute approximate surface area is 150 Å². The van der Waals surface area contributed by atoms with E-state index in [9.17, 15) is 4.79 Å². The summed E-state index contributed by atoms with van der Waals surface area (Å²) in [6.07, 6.45) is 2.01. The minimum atomic E-state index is -0.0453. The Morgan fingerprint density at radius 1 is 1.24 bits per heavy atom. The maximum atomic E-state index is 12.8. The number of fused-ring (bicyclic) bond motifs is 1. The number of H-pyrrole nitrogens is 1. The summed E-state index contributed by atoms with van der Waals surface area (Å²) in [5.74, 6) is 0.461. The first-order valence-electron chi connectivity index (χ1n) is 8.02. The molecule has 1 aliphatic rings. The number of allylic oxidation sites excluding steroid dienone is 1. The number of benzene rings is 2. The van der Waals surface area contributed by atoms with E-state index in [1.807, 2.05) is 25.3 Å². The van der Waals surface area contributed by atoms with E-state index < -0.39 is 0 Å². The van der Waals surface area contributed by atoms with E-state index in [1.165, 1.54) is 11.0 Å². The number of carbonyl (C=O) groups excluding carboxylic acids is 1. The van der Waals surface area contributed by atoms with E-state index in [2.05, 4.69) is 17.1 Å². The molecule has 0 atom stereocenters. The normalized spacial score (nSPS) is 14.0. The molecule has 126 valence electrons. The molecule has 5 heteroatoms. The molecule has 2 aromatic carbocycles. The minimum Gasteiger partial charge on any atom is -0.495 e. The average Bonchev–Trinajstić information content (AvgIpc) is 3.04. The van der Waals surface area contributed by atoms with Crippen molar-refractivity contribution in [3.63, 3.8) is 0 Å². The van der Waals surface area contributed by atoms with Crippen LogP contribution in [0.15, 0.2) is 54.4 Å². The topological polar surface area (TPSA) is 45.3 Å². The van der Waals surface area contributed by atoms with Crippen LogP contribution in [0.5, 0.6) is 5.75 Å². The van der Waals surface area contributed by atoms with Gasteiger partial charge in [0.2, 0.25) is 0 Å². The summed E-state index contributed by atoms with van der Waals surface area (Å²) in [6, 6.07) is 13.3. The first kappa shape index (κ1) is 15.8. The summed E-state index contributed by atoms with van der Waals surface area (Å²) in [5.41, 5.74) is 4.99. The van der Waals surface area contributed by atoms with Crippen LogP contribution in [0.4, 0.5) is 0 Å². The summed E-state index contributed by atoms with van der Waals surface area (Å²) < 4.78 is 5.20. The lowest BCUT2D eigenvalue weighted by molar-refractivity contribution is 0.0803. The summed E-state index contributed by atoms with van der Waals surface area (Å²) in [7, 11) is 1.54. The number of ether oxygens (including phenoxy) is 1. The maximum Gasteiger partial charge on any atom is 0.258 e. The molecule has 1 aliphatic heterocycles. The number of aromatic nitrogens is 1.